The minimum Gasteiger partial charge on any atom is -0.297 e. The largest absolute Gasteiger partial charge is 0.297 e. The van der Waals surface area contributed by atoms with Gasteiger partial charge < -0.3 is 0 Å². The molecule has 2 aromatic rings. The Kier molecular flexibility index (Phi) is 1.97. The van der Waals surface area contributed by atoms with Crippen LogP contribution in [0.2, 0.25) is 0 Å². The van der Waals surface area contributed by atoms with E-state index in [-0.39, 0.29) is 5.54 Å². The van der Waals surface area contributed by atoms with Crippen LogP contribution in [0.25, 0.3) is 0 Å². The van der Waals surface area contributed by atoms with Gasteiger partial charge in [-0.25, -0.2) is 0 Å². The number of nitrogens with zero attached hydrogens (tertiary/aromatic N) is 1. The van der Waals surface area contributed by atoms with Crippen molar-refractivity contribution in [3.63, 3.8) is 0 Å². The van der Waals surface area contributed by atoms with E-state index in [2.05, 4.69) is 48.6 Å². The first-order chi connectivity index (χ1) is 9.22. The van der Waals surface area contributed by atoms with Crippen molar-refractivity contribution in [3.05, 3.63) is 70.3 Å². The number of hydrogen-bond donors (Lipinski definition) is 1. The molecule has 2 aliphatic heterocycles. The number of nitrogens with one attached hydrogen (secondary N) is 1. The van der Waals surface area contributed by atoms with Gasteiger partial charge in [-0.15, -0.1) is 0 Å². The summed E-state index contributed by atoms with van der Waals surface area (Å²) in [5.74, 6) is 0. The molecule has 2 unspecified atom stereocenters. The summed E-state index contributed by atoms with van der Waals surface area (Å²) >= 11 is 0. The van der Waals surface area contributed by atoms with Gasteiger partial charge in [0.1, 0.15) is 0 Å². The Balaban J connectivity index is 2.02. The molecule has 0 aliphatic carbocycles. The molecule has 2 heteroatoms. The maximum absolute atomic E-state index is 9.12. The lowest BCUT2D eigenvalue weighted by molar-refractivity contribution is 0.389. The smallest absolute Gasteiger partial charge is 0.0991 e. The van der Waals surface area contributed by atoms with Gasteiger partial charge in [0.05, 0.1) is 17.2 Å². The Labute approximate surface area is 112 Å². The quantitative estimate of drug-likeness (QED) is 0.775. The summed E-state index contributed by atoms with van der Waals surface area (Å²) < 4.78 is 0. The van der Waals surface area contributed by atoms with Crippen LogP contribution in [0.4, 0.5) is 0 Å². The molecular formula is C17H14N2. The van der Waals surface area contributed by atoms with Crippen LogP contribution in [0.1, 0.15) is 40.8 Å². The molecule has 1 N–H and O–H groups in total. The summed E-state index contributed by atoms with van der Waals surface area (Å²) in [5.41, 5.74) is 5.97. The number of nitriles is 1. The molecule has 19 heavy (non-hydrogen) atoms. The minimum absolute atomic E-state index is 0.151. The maximum Gasteiger partial charge on any atom is 0.0991 e. The highest BCUT2D eigenvalue weighted by atomic mass is 15.1. The van der Waals surface area contributed by atoms with Gasteiger partial charge in [0.25, 0.3) is 0 Å². The van der Waals surface area contributed by atoms with E-state index in [1.807, 2.05) is 12.1 Å². The molecule has 0 saturated heterocycles. The van der Waals surface area contributed by atoms with Crippen molar-refractivity contribution in [3.8, 4) is 6.07 Å². The molecule has 2 heterocycles. The number of fused-ring (bicyclic) bond motifs is 7. The molecule has 0 fully saturated rings. The van der Waals surface area contributed by atoms with E-state index in [1.165, 1.54) is 22.3 Å². The summed E-state index contributed by atoms with van der Waals surface area (Å²) in [4.78, 5) is 0. The average molecular weight is 246 g/mol. The molecule has 0 spiro atoms. The molecule has 2 aliphatic rings. The van der Waals surface area contributed by atoms with E-state index in [4.69, 9.17) is 5.26 Å². The summed E-state index contributed by atoms with van der Waals surface area (Å²) in [5, 5.41) is 12.8. The Morgan fingerprint density at radius 3 is 2.89 bits per heavy atom. The Bertz CT molecular complexity index is 726. The summed E-state index contributed by atoms with van der Waals surface area (Å²) in [6.45, 7) is 2.23. The van der Waals surface area contributed by atoms with Gasteiger partial charge in [-0.2, -0.15) is 5.26 Å². The molecule has 0 aromatic heterocycles. The normalized spacial score (nSPS) is 26.4. The fourth-order valence-electron chi connectivity index (χ4n) is 3.66. The third-order valence-corrected chi connectivity index (χ3v) is 4.54. The van der Waals surface area contributed by atoms with Crippen molar-refractivity contribution in [1.29, 1.82) is 5.26 Å². The van der Waals surface area contributed by atoms with Crippen molar-refractivity contribution in [2.45, 2.75) is 24.9 Å². The molecule has 2 bridgehead atoms. The van der Waals surface area contributed by atoms with Crippen molar-refractivity contribution in [2.75, 3.05) is 0 Å². The predicted octanol–water partition coefficient (Wildman–Crippen LogP) is 3.02. The highest BCUT2D eigenvalue weighted by Crippen LogP contribution is 2.48. The van der Waals surface area contributed by atoms with E-state index in [0.29, 0.717) is 6.04 Å². The fraction of sp³-hybridized carbons (Fsp3) is 0.235. The molecule has 4 rings (SSSR count). The fourth-order valence-corrected chi connectivity index (χ4v) is 3.66. The number of rotatable bonds is 0. The van der Waals surface area contributed by atoms with E-state index in [1.54, 1.807) is 0 Å². The second-order valence-electron chi connectivity index (χ2n) is 5.60. The van der Waals surface area contributed by atoms with Crippen LogP contribution in [0.5, 0.6) is 0 Å². The van der Waals surface area contributed by atoms with Crippen LogP contribution in [0, 0.1) is 11.3 Å². The summed E-state index contributed by atoms with van der Waals surface area (Å²) in [7, 11) is 0. The van der Waals surface area contributed by atoms with Crippen LogP contribution < -0.4 is 5.32 Å². The van der Waals surface area contributed by atoms with E-state index < -0.39 is 0 Å². The first kappa shape index (κ1) is 10.8. The summed E-state index contributed by atoms with van der Waals surface area (Å²) in [6, 6.07) is 17.3. The van der Waals surface area contributed by atoms with E-state index in [0.717, 1.165) is 12.0 Å². The van der Waals surface area contributed by atoms with Gasteiger partial charge in [-0.05, 0) is 47.7 Å². The third-order valence-electron chi connectivity index (χ3n) is 4.54. The lowest BCUT2D eigenvalue weighted by Gasteiger charge is -2.34. The van der Waals surface area contributed by atoms with Crippen molar-refractivity contribution in [2.24, 2.45) is 0 Å². The Morgan fingerprint density at radius 1 is 1.21 bits per heavy atom. The van der Waals surface area contributed by atoms with Crippen LogP contribution >= 0.6 is 0 Å². The van der Waals surface area contributed by atoms with Crippen molar-refractivity contribution < 1.29 is 0 Å². The number of hydrogen-bond acceptors (Lipinski definition) is 2. The van der Waals surface area contributed by atoms with Gasteiger partial charge in [-0.1, -0.05) is 30.3 Å². The summed E-state index contributed by atoms with van der Waals surface area (Å²) in [6.07, 6.45) is 1.03. The third kappa shape index (κ3) is 1.28. The average Bonchev–Trinajstić information content (AvgIpc) is 2.68. The first-order valence-electron chi connectivity index (χ1n) is 6.63. The zero-order valence-corrected chi connectivity index (χ0v) is 10.8. The number of benzene rings is 2. The molecule has 92 valence electrons. The van der Waals surface area contributed by atoms with Gasteiger partial charge in [0, 0.05) is 6.04 Å². The van der Waals surface area contributed by atoms with E-state index in [9.17, 15) is 0 Å². The van der Waals surface area contributed by atoms with Crippen LogP contribution in [0.15, 0.2) is 42.5 Å². The van der Waals surface area contributed by atoms with Crippen LogP contribution in [0.3, 0.4) is 0 Å². The maximum atomic E-state index is 9.12. The standard InChI is InChI=1S/C17H14N2/c1-17-14-5-3-2-4-12(14)9-16(19-17)13-7-6-11(10-18)8-15(13)17/h2-8,16,19H,9H2,1H3. The van der Waals surface area contributed by atoms with Gasteiger partial charge >= 0.3 is 0 Å². The van der Waals surface area contributed by atoms with E-state index >= 15 is 0 Å². The SMILES string of the molecule is CC12NC(Cc3ccccc31)c1ccc(C#N)cc12. The molecule has 2 nitrogen and oxygen atoms in total. The van der Waals surface area contributed by atoms with Crippen molar-refractivity contribution >= 4 is 0 Å². The van der Waals surface area contributed by atoms with Crippen LogP contribution in [-0.4, -0.2) is 0 Å². The molecule has 0 amide bonds. The van der Waals surface area contributed by atoms with Gasteiger partial charge in [0.2, 0.25) is 0 Å². The zero-order chi connectivity index (χ0) is 13.0. The molecule has 0 radical (unpaired) electrons. The topological polar surface area (TPSA) is 35.8 Å². The second kappa shape index (κ2) is 3.46. The second-order valence-corrected chi connectivity index (χ2v) is 5.60. The minimum atomic E-state index is -0.151. The predicted molar refractivity (Wildman–Crippen MR) is 73.6 cm³/mol. The Hall–Kier alpha value is -2.11. The van der Waals surface area contributed by atoms with Gasteiger partial charge in [0.15, 0.2) is 0 Å². The molecule has 2 aromatic carbocycles. The molecular weight excluding hydrogens is 232 g/mol. The zero-order valence-electron chi connectivity index (χ0n) is 10.8. The van der Waals surface area contributed by atoms with Gasteiger partial charge in [-0.3, -0.25) is 5.32 Å². The van der Waals surface area contributed by atoms with Crippen molar-refractivity contribution in [1.82, 2.24) is 5.32 Å². The highest BCUT2D eigenvalue weighted by Gasteiger charge is 2.45. The first-order valence-corrected chi connectivity index (χ1v) is 6.63. The Morgan fingerprint density at radius 2 is 2.05 bits per heavy atom. The van der Waals surface area contributed by atoms with Crippen LogP contribution in [-0.2, 0) is 12.0 Å². The lowest BCUT2D eigenvalue weighted by Crippen LogP contribution is -2.41. The monoisotopic (exact) mass is 246 g/mol. The lowest BCUT2D eigenvalue weighted by atomic mass is 9.82. The molecule has 2 atom stereocenters. The molecule has 0 saturated carbocycles. The highest BCUT2D eigenvalue weighted by molar-refractivity contribution is 5.56.